The van der Waals surface area contributed by atoms with Gasteiger partial charge in [-0.3, -0.25) is 9.59 Å². The molecule has 0 bridgehead atoms. The lowest BCUT2D eigenvalue weighted by Gasteiger charge is -2.40. The fourth-order valence-corrected chi connectivity index (χ4v) is 3.00. The highest BCUT2D eigenvalue weighted by Crippen LogP contribution is 2.45. The molecule has 0 amide bonds. The fourth-order valence-electron chi connectivity index (χ4n) is 3.00. The van der Waals surface area contributed by atoms with E-state index in [1.54, 1.807) is 0 Å². The van der Waals surface area contributed by atoms with Gasteiger partial charge < -0.3 is 10.2 Å². The van der Waals surface area contributed by atoms with Crippen LogP contribution in [-0.2, 0) is 9.59 Å². The van der Waals surface area contributed by atoms with Gasteiger partial charge in [-0.2, -0.15) is 0 Å². The van der Waals surface area contributed by atoms with Gasteiger partial charge >= 0.3 is 11.9 Å². The molecule has 1 atom stereocenters. The van der Waals surface area contributed by atoms with E-state index in [0.717, 1.165) is 25.7 Å². The van der Waals surface area contributed by atoms with Crippen molar-refractivity contribution in [1.82, 2.24) is 0 Å². The van der Waals surface area contributed by atoms with Gasteiger partial charge in [0.05, 0.1) is 5.92 Å². The largest absolute Gasteiger partial charge is 0.481 e. The molecule has 0 saturated heterocycles. The standard InChI is InChI=1S/C14H24O4/c1-10-6-8-14(2,9-7-10)11(13(17)18)4-3-5-12(15)16/h10-11H,3-9H2,1-2H3,(H,15,16)(H,17,18). The zero-order valence-corrected chi connectivity index (χ0v) is 11.3. The average molecular weight is 256 g/mol. The highest BCUT2D eigenvalue weighted by molar-refractivity contribution is 5.71. The lowest BCUT2D eigenvalue weighted by atomic mass is 9.64. The Balaban J connectivity index is 2.60. The molecule has 0 radical (unpaired) electrons. The molecule has 1 fully saturated rings. The summed E-state index contributed by atoms with van der Waals surface area (Å²) in [5.41, 5.74) is -0.156. The second-order valence-electron chi connectivity index (χ2n) is 6.01. The highest BCUT2D eigenvalue weighted by Gasteiger charge is 2.40. The number of carboxylic acids is 2. The Morgan fingerprint density at radius 3 is 2.28 bits per heavy atom. The molecule has 0 aliphatic heterocycles. The molecular formula is C14H24O4. The van der Waals surface area contributed by atoms with E-state index < -0.39 is 17.9 Å². The SMILES string of the molecule is CC1CCC(C)(C(CCCC(=O)O)C(=O)O)CC1. The van der Waals surface area contributed by atoms with Crippen molar-refractivity contribution in [2.45, 2.75) is 58.8 Å². The summed E-state index contributed by atoms with van der Waals surface area (Å²) in [4.78, 5) is 21.9. The van der Waals surface area contributed by atoms with Gasteiger partial charge in [-0.05, 0) is 37.0 Å². The van der Waals surface area contributed by atoms with Crippen LogP contribution in [-0.4, -0.2) is 22.2 Å². The first-order valence-electron chi connectivity index (χ1n) is 6.80. The molecule has 1 aliphatic carbocycles. The van der Waals surface area contributed by atoms with Crippen LogP contribution in [0.3, 0.4) is 0 Å². The van der Waals surface area contributed by atoms with Gasteiger partial charge in [0.15, 0.2) is 0 Å². The van der Waals surface area contributed by atoms with Crippen molar-refractivity contribution in [3.63, 3.8) is 0 Å². The number of hydrogen-bond acceptors (Lipinski definition) is 2. The monoisotopic (exact) mass is 256 g/mol. The molecule has 4 heteroatoms. The first-order chi connectivity index (χ1) is 8.35. The first kappa shape index (κ1) is 15.0. The van der Waals surface area contributed by atoms with E-state index in [1.165, 1.54) is 0 Å². The van der Waals surface area contributed by atoms with Crippen LogP contribution in [0.15, 0.2) is 0 Å². The summed E-state index contributed by atoms with van der Waals surface area (Å²) < 4.78 is 0. The fraction of sp³-hybridized carbons (Fsp3) is 0.857. The second-order valence-corrected chi connectivity index (χ2v) is 6.01. The predicted octanol–water partition coefficient (Wildman–Crippen LogP) is 3.16. The summed E-state index contributed by atoms with van der Waals surface area (Å²) in [6, 6.07) is 0. The Morgan fingerprint density at radius 1 is 1.28 bits per heavy atom. The Bertz CT molecular complexity index is 303. The summed E-state index contributed by atoms with van der Waals surface area (Å²) in [5, 5.41) is 18.0. The van der Waals surface area contributed by atoms with Crippen molar-refractivity contribution in [2.24, 2.45) is 17.3 Å². The topological polar surface area (TPSA) is 74.6 Å². The molecule has 104 valence electrons. The zero-order chi connectivity index (χ0) is 13.8. The molecule has 0 heterocycles. The van der Waals surface area contributed by atoms with E-state index in [1.807, 2.05) is 0 Å². The molecular weight excluding hydrogens is 232 g/mol. The van der Waals surface area contributed by atoms with Gasteiger partial charge in [-0.25, -0.2) is 0 Å². The molecule has 0 aromatic carbocycles. The number of rotatable bonds is 6. The number of hydrogen-bond donors (Lipinski definition) is 2. The van der Waals surface area contributed by atoms with Crippen LogP contribution in [0.4, 0.5) is 0 Å². The maximum Gasteiger partial charge on any atom is 0.307 e. The Morgan fingerprint density at radius 2 is 1.83 bits per heavy atom. The minimum absolute atomic E-state index is 0.0657. The quantitative estimate of drug-likeness (QED) is 0.765. The highest BCUT2D eigenvalue weighted by atomic mass is 16.4. The summed E-state index contributed by atoms with van der Waals surface area (Å²) in [6.45, 7) is 4.26. The van der Waals surface area contributed by atoms with Gasteiger partial charge in [-0.15, -0.1) is 0 Å². The lowest BCUT2D eigenvalue weighted by molar-refractivity contribution is -0.148. The average Bonchev–Trinajstić information content (AvgIpc) is 2.28. The number of carboxylic acid groups (broad SMARTS) is 2. The molecule has 1 saturated carbocycles. The third kappa shape index (κ3) is 4.00. The van der Waals surface area contributed by atoms with E-state index in [4.69, 9.17) is 5.11 Å². The van der Waals surface area contributed by atoms with Crippen LogP contribution in [0.1, 0.15) is 58.8 Å². The smallest absolute Gasteiger partial charge is 0.307 e. The molecule has 2 N–H and O–H groups in total. The van der Waals surface area contributed by atoms with Crippen molar-refractivity contribution in [3.8, 4) is 0 Å². The van der Waals surface area contributed by atoms with Crippen LogP contribution < -0.4 is 0 Å². The van der Waals surface area contributed by atoms with Crippen LogP contribution in [0.2, 0.25) is 0 Å². The molecule has 0 aromatic rings. The molecule has 0 aromatic heterocycles. The molecule has 1 aliphatic rings. The lowest BCUT2D eigenvalue weighted by Crippen LogP contribution is -2.36. The second kappa shape index (κ2) is 6.21. The first-order valence-corrected chi connectivity index (χ1v) is 6.80. The molecule has 1 unspecified atom stereocenters. The van der Waals surface area contributed by atoms with Gasteiger partial charge in [0.2, 0.25) is 0 Å². The van der Waals surface area contributed by atoms with Crippen LogP contribution in [0, 0.1) is 17.3 Å². The number of aliphatic carboxylic acids is 2. The summed E-state index contributed by atoms with van der Waals surface area (Å²) in [6.07, 6.45) is 5.05. The van der Waals surface area contributed by atoms with Crippen molar-refractivity contribution >= 4 is 11.9 Å². The van der Waals surface area contributed by atoms with E-state index >= 15 is 0 Å². The normalized spacial score (nSPS) is 29.8. The third-order valence-electron chi connectivity index (χ3n) is 4.44. The van der Waals surface area contributed by atoms with Crippen LogP contribution in [0.25, 0.3) is 0 Å². The summed E-state index contributed by atoms with van der Waals surface area (Å²) >= 11 is 0. The minimum atomic E-state index is -0.846. The molecule has 0 spiro atoms. The zero-order valence-electron chi connectivity index (χ0n) is 11.3. The van der Waals surface area contributed by atoms with E-state index in [9.17, 15) is 14.7 Å². The van der Waals surface area contributed by atoms with Crippen molar-refractivity contribution in [2.75, 3.05) is 0 Å². The van der Waals surface area contributed by atoms with Crippen molar-refractivity contribution in [3.05, 3.63) is 0 Å². The van der Waals surface area contributed by atoms with E-state index in [2.05, 4.69) is 13.8 Å². The van der Waals surface area contributed by atoms with E-state index in [-0.39, 0.29) is 11.8 Å². The number of carbonyl (C=O) groups is 2. The van der Waals surface area contributed by atoms with E-state index in [0.29, 0.717) is 18.8 Å². The molecule has 4 nitrogen and oxygen atoms in total. The Labute approximate surface area is 108 Å². The van der Waals surface area contributed by atoms with Crippen LogP contribution >= 0.6 is 0 Å². The van der Waals surface area contributed by atoms with Crippen LogP contribution in [0.5, 0.6) is 0 Å². The van der Waals surface area contributed by atoms with Gasteiger partial charge in [-0.1, -0.05) is 26.7 Å². The third-order valence-corrected chi connectivity index (χ3v) is 4.44. The van der Waals surface area contributed by atoms with Gasteiger partial charge in [0.1, 0.15) is 0 Å². The Hall–Kier alpha value is -1.06. The maximum absolute atomic E-state index is 11.4. The summed E-state index contributed by atoms with van der Waals surface area (Å²) in [7, 11) is 0. The predicted molar refractivity (Wildman–Crippen MR) is 68.4 cm³/mol. The minimum Gasteiger partial charge on any atom is -0.481 e. The molecule has 18 heavy (non-hydrogen) atoms. The Kier molecular flexibility index (Phi) is 5.17. The summed E-state index contributed by atoms with van der Waals surface area (Å²) in [5.74, 6) is -1.32. The van der Waals surface area contributed by atoms with Gasteiger partial charge in [0, 0.05) is 6.42 Å². The molecule has 1 rings (SSSR count). The maximum atomic E-state index is 11.4. The van der Waals surface area contributed by atoms with Crippen molar-refractivity contribution in [1.29, 1.82) is 0 Å². The van der Waals surface area contributed by atoms with Crippen molar-refractivity contribution < 1.29 is 19.8 Å². The van der Waals surface area contributed by atoms with Gasteiger partial charge in [0.25, 0.3) is 0 Å².